The summed E-state index contributed by atoms with van der Waals surface area (Å²) in [6, 6.07) is 1.92. The smallest absolute Gasteiger partial charge is 0.0947 e. The Morgan fingerprint density at radius 2 is 2.25 bits per heavy atom. The van der Waals surface area contributed by atoms with E-state index in [9.17, 15) is 5.11 Å². The Kier molecular flexibility index (Phi) is 5.52. The molecule has 0 aliphatic carbocycles. The first-order valence-corrected chi connectivity index (χ1v) is 5.57. The lowest BCUT2D eigenvalue weighted by Crippen LogP contribution is -2.32. The molecule has 1 rings (SSSR count). The van der Waals surface area contributed by atoms with E-state index in [1.165, 1.54) is 0 Å². The van der Waals surface area contributed by atoms with Gasteiger partial charge in [-0.15, -0.1) is 0 Å². The number of likely N-dealkylation sites (N-methyl/N-ethyl adjacent to an activating group) is 1. The predicted octanol–water partition coefficient (Wildman–Crippen LogP) is 1.50. The van der Waals surface area contributed by atoms with Crippen LogP contribution in [0.4, 0.5) is 0 Å². The maximum Gasteiger partial charge on any atom is 0.0947 e. The summed E-state index contributed by atoms with van der Waals surface area (Å²) < 4.78 is 10.3. The van der Waals surface area contributed by atoms with Crippen molar-refractivity contribution in [2.75, 3.05) is 20.2 Å². The highest BCUT2D eigenvalue weighted by Crippen LogP contribution is 2.04. The molecule has 0 aliphatic rings. The van der Waals surface area contributed by atoms with Crippen molar-refractivity contribution >= 4 is 0 Å². The van der Waals surface area contributed by atoms with Gasteiger partial charge in [-0.2, -0.15) is 0 Å². The third-order valence-corrected chi connectivity index (χ3v) is 2.18. The third kappa shape index (κ3) is 5.30. The zero-order valence-corrected chi connectivity index (χ0v) is 10.2. The molecular weight excluding hydrogens is 206 g/mol. The molecule has 0 aromatic carbocycles. The van der Waals surface area contributed by atoms with Crippen LogP contribution in [0.3, 0.4) is 0 Å². The number of rotatable bonds is 7. The summed E-state index contributed by atoms with van der Waals surface area (Å²) in [6.07, 6.45) is 3.09. The van der Waals surface area contributed by atoms with Crippen molar-refractivity contribution in [2.24, 2.45) is 0 Å². The largest absolute Gasteiger partial charge is 0.472 e. The zero-order chi connectivity index (χ0) is 12.0. The highest BCUT2D eigenvalue weighted by molar-refractivity contribution is 5.04. The van der Waals surface area contributed by atoms with Gasteiger partial charge >= 0.3 is 0 Å². The summed E-state index contributed by atoms with van der Waals surface area (Å²) in [5.41, 5.74) is 1.11. The lowest BCUT2D eigenvalue weighted by atomic mass is 10.3. The molecule has 0 saturated heterocycles. The van der Waals surface area contributed by atoms with Gasteiger partial charge in [-0.3, -0.25) is 4.90 Å². The summed E-state index contributed by atoms with van der Waals surface area (Å²) in [4.78, 5) is 2.04. The van der Waals surface area contributed by atoms with Crippen LogP contribution in [0.1, 0.15) is 19.4 Å². The molecule has 0 saturated carbocycles. The molecule has 1 aromatic heterocycles. The first-order chi connectivity index (χ1) is 7.58. The fourth-order valence-corrected chi connectivity index (χ4v) is 1.47. The third-order valence-electron chi connectivity index (χ3n) is 2.18. The second-order valence-electron chi connectivity index (χ2n) is 4.36. The van der Waals surface area contributed by atoms with Crippen LogP contribution in [-0.2, 0) is 11.3 Å². The molecular formula is C12H21NO3. The molecule has 0 bridgehead atoms. The Morgan fingerprint density at radius 1 is 1.50 bits per heavy atom. The van der Waals surface area contributed by atoms with Crippen molar-refractivity contribution in [1.29, 1.82) is 0 Å². The van der Waals surface area contributed by atoms with Gasteiger partial charge in [-0.25, -0.2) is 0 Å². The summed E-state index contributed by atoms with van der Waals surface area (Å²) in [5, 5.41) is 9.71. The molecule has 1 aromatic rings. The van der Waals surface area contributed by atoms with Crippen molar-refractivity contribution in [3.8, 4) is 0 Å². The van der Waals surface area contributed by atoms with Gasteiger partial charge in [0.2, 0.25) is 0 Å². The van der Waals surface area contributed by atoms with E-state index in [1.54, 1.807) is 12.5 Å². The van der Waals surface area contributed by atoms with E-state index in [1.807, 2.05) is 31.9 Å². The topological polar surface area (TPSA) is 45.8 Å². The Bertz CT molecular complexity index is 272. The van der Waals surface area contributed by atoms with Crippen LogP contribution in [0.15, 0.2) is 23.0 Å². The van der Waals surface area contributed by atoms with Crippen LogP contribution in [0.5, 0.6) is 0 Å². The quantitative estimate of drug-likeness (QED) is 0.766. The van der Waals surface area contributed by atoms with Crippen molar-refractivity contribution in [2.45, 2.75) is 32.6 Å². The molecule has 1 N–H and O–H groups in total. The SMILES string of the molecule is CC(C)OCC(O)CN(C)Cc1ccoc1. The highest BCUT2D eigenvalue weighted by Gasteiger charge is 2.10. The monoisotopic (exact) mass is 227 g/mol. The normalized spacial score (nSPS) is 13.6. The number of furan rings is 1. The van der Waals surface area contributed by atoms with Crippen molar-refractivity contribution < 1.29 is 14.3 Å². The molecule has 4 heteroatoms. The van der Waals surface area contributed by atoms with Gasteiger partial charge in [0.05, 0.1) is 31.3 Å². The fraction of sp³-hybridized carbons (Fsp3) is 0.667. The highest BCUT2D eigenvalue weighted by atomic mass is 16.5. The maximum atomic E-state index is 9.71. The second-order valence-corrected chi connectivity index (χ2v) is 4.36. The Morgan fingerprint density at radius 3 is 2.81 bits per heavy atom. The van der Waals surface area contributed by atoms with E-state index in [2.05, 4.69) is 0 Å². The molecule has 0 radical (unpaired) electrons. The van der Waals surface area contributed by atoms with Crippen LogP contribution in [-0.4, -0.2) is 42.4 Å². The number of hydrogen-bond donors (Lipinski definition) is 1. The average Bonchev–Trinajstić information content (AvgIpc) is 2.67. The van der Waals surface area contributed by atoms with E-state index in [0.29, 0.717) is 13.2 Å². The predicted molar refractivity (Wildman–Crippen MR) is 62.1 cm³/mol. The van der Waals surface area contributed by atoms with Crippen LogP contribution in [0.25, 0.3) is 0 Å². The van der Waals surface area contributed by atoms with Crippen LogP contribution in [0, 0.1) is 0 Å². The Hall–Kier alpha value is -0.840. The van der Waals surface area contributed by atoms with Gasteiger partial charge in [0.15, 0.2) is 0 Å². The molecule has 0 fully saturated rings. The minimum absolute atomic E-state index is 0.161. The van der Waals surface area contributed by atoms with E-state index < -0.39 is 6.10 Å². The van der Waals surface area contributed by atoms with Crippen molar-refractivity contribution in [1.82, 2.24) is 4.90 Å². The minimum atomic E-state index is -0.445. The van der Waals surface area contributed by atoms with Crippen molar-refractivity contribution in [3.05, 3.63) is 24.2 Å². The second kappa shape index (κ2) is 6.68. The number of hydrogen-bond acceptors (Lipinski definition) is 4. The molecule has 1 heterocycles. The maximum absolute atomic E-state index is 9.71. The van der Waals surface area contributed by atoms with Crippen LogP contribution in [0.2, 0.25) is 0 Å². The number of nitrogens with zero attached hydrogens (tertiary/aromatic N) is 1. The van der Waals surface area contributed by atoms with Gasteiger partial charge in [-0.1, -0.05) is 0 Å². The fourth-order valence-electron chi connectivity index (χ4n) is 1.47. The molecule has 92 valence electrons. The minimum Gasteiger partial charge on any atom is -0.472 e. The molecule has 0 amide bonds. The summed E-state index contributed by atoms with van der Waals surface area (Å²) in [5.74, 6) is 0. The van der Waals surface area contributed by atoms with E-state index in [4.69, 9.17) is 9.15 Å². The molecule has 0 spiro atoms. The zero-order valence-electron chi connectivity index (χ0n) is 10.2. The molecule has 4 nitrogen and oxygen atoms in total. The number of aliphatic hydroxyl groups excluding tert-OH is 1. The van der Waals surface area contributed by atoms with Crippen LogP contribution < -0.4 is 0 Å². The Balaban J connectivity index is 2.20. The van der Waals surface area contributed by atoms with Gasteiger partial charge in [-0.05, 0) is 27.0 Å². The van der Waals surface area contributed by atoms with Gasteiger partial charge in [0.1, 0.15) is 0 Å². The van der Waals surface area contributed by atoms with Gasteiger partial charge < -0.3 is 14.3 Å². The van der Waals surface area contributed by atoms with Gasteiger partial charge in [0, 0.05) is 18.7 Å². The van der Waals surface area contributed by atoms with E-state index >= 15 is 0 Å². The lowest BCUT2D eigenvalue weighted by Gasteiger charge is -2.20. The summed E-state index contributed by atoms with van der Waals surface area (Å²) in [6.45, 7) is 5.67. The average molecular weight is 227 g/mol. The first-order valence-electron chi connectivity index (χ1n) is 5.57. The summed E-state index contributed by atoms with van der Waals surface area (Å²) in [7, 11) is 1.96. The lowest BCUT2D eigenvalue weighted by molar-refractivity contribution is -0.00636. The molecule has 1 unspecified atom stereocenters. The van der Waals surface area contributed by atoms with E-state index in [0.717, 1.165) is 12.1 Å². The number of ether oxygens (including phenoxy) is 1. The van der Waals surface area contributed by atoms with Gasteiger partial charge in [0.25, 0.3) is 0 Å². The molecule has 1 atom stereocenters. The Labute approximate surface area is 96.8 Å². The first kappa shape index (κ1) is 13.2. The van der Waals surface area contributed by atoms with E-state index in [-0.39, 0.29) is 6.10 Å². The molecule has 0 aliphatic heterocycles. The summed E-state index contributed by atoms with van der Waals surface area (Å²) >= 11 is 0. The van der Waals surface area contributed by atoms with Crippen LogP contribution >= 0.6 is 0 Å². The van der Waals surface area contributed by atoms with Crippen molar-refractivity contribution in [3.63, 3.8) is 0 Å². The standard InChI is InChI=1S/C12H21NO3/c1-10(2)16-9-12(14)7-13(3)6-11-4-5-15-8-11/h4-5,8,10,12,14H,6-7,9H2,1-3H3. The number of aliphatic hydroxyl groups is 1. The molecule has 16 heavy (non-hydrogen) atoms.